The van der Waals surface area contributed by atoms with Gasteiger partial charge in [0.05, 0.1) is 0 Å². The first-order valence-electron chi connectivity index (χ1n) is 5.08. The predicted octanol–water partition coefficient (Wildman–Crippen LogP) is 2.48. The molecule has 0 atom stereocenters. The summed E-state index contributed by atoms with van der Waals surface area (Å²) in [5.74, 6) is -2.01. The SMILES string of the molecule is O=c1ccn(CC(F)(F)F)n1-c1ccc(F)cc1F. The third-order valence-electron chi connectivity index (χ3n) is 2.33. The molecule has 0 amide bonds. The Labute approximate surface area is 103 Å². The van der Waals surface area contributed by atoms with Gasteiger partial charge in [-0.25, -0.2) is 13.5 Å². The molecule has 0 spiro atoms. The van der Waals surface area contributed by atoms with E-state index in [4.69, 9.17) is 0 Å². The van der Waals surface area contributed by atoms with Gasteiger partial charge in [0.25, 0.3) is 5.56 Å². The number of hydrogen-bond donors (Lipinski definition) is 0. The minimum atomic E-state index is -4.57. The Hall–Kier alpha value is -2.12. The highest BCUT2D eigenvalue weighted by Gasteiger charge is 2.29. The smallest absolute Gasteiger partial charge is 0.276 e. The highest BCUT2D eigenvalue weighted by molar-refractivity contribution is 5.33. The summed E-state index contributed by atoms with van der Waals surface area (Å²) in [5.41, 5.74) is -1.28. The first-order chi connectivity index (χ1) is 8.78. The number of rotatable bonds is 2. The maximum absolute atomic E-state index is 13.5. The summed E-state index contributed by atoms with van der Waals surface area (Å²) in [4.78, 5) is 11.5. The van der Waals surface area contributed by atoms with Gasteiger partial charge in [0.1, 0.15) is 18.0 Å². The lowest BCUT2D eigenvalue weighted by molar-refractivity contribution is -0.143. The van der Waals surface area contributed by atoms with E-state index in [-0.39, 0.29) is 0 Å². The molecule has 3 nitrogen and oxygen atoms in total. The molecule has 19 heavy (non-hydrogen) atoms. The predicted molar refractivity (Wildman–Crippen MR) is 56.0 cm³/mol. The van der Waals surface area contributed by atoms with Gasteiger partial charge < -0.3 is 0 Å². The van der Waals surface area contributed by atoms with Crippen molar-refractivity contribution in [2.45, 2.75) is 12.7 Å². The van der Waals surface area contributed by atoms with Crippen molar-refractivity contribution in [3.63, 3.8) is 0 Å². The standard InChI is InChI=1S/C11H7F5N2O/c12-7-1-2-9(8(13)5-7)18-10(19)3-4-17(18)6-11(14,15)16/h1-5H,6H2. The minimum Gasteiger partial charge on any atom is -0.276 e. The van der Waals surface area contributed by atoms with Gasteiger partial charge in [-0.3, -0.25) is 9.48 Å². The molecule has 0 saturated carbocycles. The van der Waals surface area contributed by atoms with Gasteiger partial charge in [-0.2, -0.15) is 13.2 Å². The highest BCUT2D eigenvalue weighted by Crippen LogP contribution is 2.19. The summed E-state index contributed by atoms with van der Waals surface area (Å²) < 4.78 is 64.2. The van der Waals surface area contributed by atoms with Gasteiger partial charge in [-0.1, -0.05) is 0 Å². The third-order valence-corrected chi connectivity index (χ3v) is 2.33. The second-order valence-electron chi connectivity index (χ2n) is 3.77. The Morgan fingerprint density at radius 1 is 1.11 bits per heavy atom. The number of benzene rings is 1. The Kier molecular flexibility index (Phi) is 3.17. The van der Waals surface area contributed by atoms with Crippen LogP contribution in [0.2, 0.25) is 0 Å². The zero-order valence-corrected chi connectivity index (χ0v) is 9.29. The lowest BCUT2D eigenvalue weighted by Crippen LogP contribution is -2.27. The zero-order valence-electron chi connectivity index (χ0n) is 9.29. The molecule has 0 unspecified atom stereocenters. The Morgan fingerprint density at radius 3 is 2.37 bits per heavy atom. The summed E-state index contributed by atoms with van der Waals surface area (Å²) in [6, 6.07) is 3.12. The molecule has 2 aromatic rings. The number of alkyl halides is 3. The van der Waals surface area contributed by atoms with Crippen LogP contribution < -0.4 is 5.56 Å². The molecule has 0 bridgehead atoms. The van der Waals surface area contributed by atoms with Crippen LogP contribution in [0.3, 0.4) is 0 Å². The highest BCUT2D eigenvalue weighted by atomic mass is 19.4. The van der Waals surface area contributed by atoms with E-state index >= 15 is 0 Å². The second-order valence-corrected chi connectivity index (χ2v) is 3.77. The summed E-state index contributed by atoms with van der Waals surface area (Å²) in [6.07, 6.45) is -3.68. The molecule has 0 aliphatic rings. The van der Waals surface area contributed by atoms with Crippen LogP contribution in [0.25, 0.3) is 5.69 Å². The molecule has 0 fully saturated rings. The van der Waals surface area contributed by atoms with Crippen molar-refractivity contribution in [2.75, 3.05) is 0 Å². The fourth-order valence-corrected chi connectivity index (χ4v) is 1.63. The third kappa shape index (κ3) is 2.83. The van der Waals surface area contributed by atoms with Gasteiger partial charge in [0.15, 0.2) is 5.82 Å². The molecule has 2 rings (SSSR count). The molecule has 0 aliphatic carbocycles. The number of halogens is 5. The Morgan fingerprint density at radius 2 is 1.79 bits per heavy atom. The Balaban J connectivity index is 2.56. The fraction of sp³-hybridized carbons (Fsp3) is 0.182. The van der Waals surface area contributed by atoms with E-state index in [9.17, 15) is 26.7 Å². The van der Waals surface area contributed by atoms with E-state index < -0.39 is 35.6 Å². The summed E-state index contributed by atoms with van der Waals surface area (Å²) >= 11 is 0. The van der Waals surface area contributed by atoms with E-state index in [1.54, 1.807) is 0 Å². The molecule has 0 N–H and O–H groups in total. The molecule has 0 saturated heterocycles. The fourth-order valence-electron chi connectivity index (χ4n) is 1.63. The summed E-state index contributed by atoms with van der Waals surface area (Å²) in [6.45, 7) is -1.45. The molecule has 1 heterocycles. The largest absolute Gasteiger partial charge is 0.407 e. The number of hydrogen-bond acceptors (Lipinski definition) is 1. The van der Waals surface area contributed by atoms with Crippen molar-refractivity contribution >= 4 is 0 Å². The van der Waals surface area contributed by atoms with Gasteiger partial charge in [-0.15, -0.1) is 0 Å². The second kappa shape index (κ2) is 4.52. The molecule has 1 aromatic carbocycles. The average Bonchev–Trinajstić information content (AvgIpc) is 2.58. The molecule has 102 valence electrons. The van der Waals surface area contributed by atoms with Crippen LogP contribution in [0.15, 0.2) is 35.3 Å². The van der Waals surface area contributed by atoms with E-state index in [0.29, 0.717) is 15.4 Å². The summed E-state index contributed by atoms with van der Waals surface area (Å²) in [5, 5.41) is 0. The van der Waals surface area contributed by atoms with Crippen LogP contribution in [0.5, 0.6) is 0 Å². The molecule has 0 aliphatic heterocycles. The van der Waals surface area contributed by atoms with Crippen LogP contribution in [0, 0.1) is 11.6 Å². The van der Waals surface area contributed by atoms with E-state index in [2.05, 4.69) is 0 Å². The quantitative estimate of drug-likeness (QED) is 0.775. The van der Waals surface area contributed by atoms with E-state index in [1.807, 2.05) is 0 Å². The number of aromatic nitrogens is 2. The van der Waals surface area contributed by atoms with Crippen LogP contribution in [0.4, 0.5) is 22.0 Å². The van der Waals surface area contributed by atoms with Gasteiger partial charge >= 0.3 is 6.18 Å². The van der Waals surface area contributed by atoms with Gasteiger partial charge in [0.2, 0.25) is 0 Å². The van der Waals surface area contributed by atoms with Gasteiger partial charge in [0, 0.05) is 18.3 Å². The van der Waals surface area contributed by atoms with Crippen molar-refractivity contribution in [1.29, 1.82) is 0 Å². The van der Waals surface area contributed by atoms with Crippen molar-refractivity contribution in [3.8, 4) is 5.69 Å². The zero-order chi connectivity index (χ0) is 14.2. The lowest BCUT2D eigenvalue weighted by Gasteiger charge is -2.14. The molecular formula is C11H7F5N2O. The minimum absolute atomic E-state index is 0.444. The average molecular weight is 278 g/mol. The maximum Gasteiger partial charge on any atom is 0.407 e. The first-order valence-corrected chi connectivity index (χ1v) is 5.08. The van der Waals surface area contributed by atoms with Crippen molar-refractivity contribution in [3.05, 3.63) is 52.5 Å². The van der Waals surface area contributed by atoms with E-state index in [1.165, 1.54) is 0 Å². The molecule has 8 heteroatoms. The maximum atomic E-state index is 13.5. The molecular weight excluding hydrogens is 271 g/mol. The van der Waals surface area contributed by atoms with Gasteiger partial charge in [-0.05, 0) is 12.1 Å². The monoisotopic (exact) mass is 278 g/mol. The van der Waals surface area contributed by atoms with Crippen molar-refractivity contribution < 1.29 is 22.0 Å². The Bertz CT molecular complexity index is 656. The van der Waals surface area contributed by atoms with Crippen LogP contribution in [-0.4, -0.2) is 15.5 Å². The molecule has 0 radical (unpaired) electrons. The van der Waals surface area contributed by atoms with Crippen molar-refractivity contribution in [1.82, 2.24) is 9.36 Å². The normalized spacial score (nSPS) is 11.8. The van der Waals surface area contributed by atoms with E-state index in [0.717, 1.165) is 24.4 Å². The van der Waals surface area contributed by atoms with Crippen LogP contribution in [-0.2, 0) is 6.54 Å². The number of nitrogens with zero attached hydrogens (tertiary/aromatic N) is 2. The first kappa shape index (κ1) is 13.3. The van der Waals surface area contributed by atoms with Crippen LogP contribution >= 0.6 is 0 Å². The molecule has 1 aromatic heterocycles. The van der Waals surface area contributed by atoms with Crippen LogP contribution in [0.1, 0.15) is 0 Å². The lowest BCUT2D eigenvalue weighted by atomic mass is 10.3. The van der Waals surface area contributed by atoms with Crippen molar-refractivity contribution in [2.24, 2.45) is 0 Å². The summed E-state index contributed by atoms with van der Waals surface area (Å²) in [7, 11) is 0. The topological polar surface area (TPSA) is 26.9 Å².